The van der Waals surface area contributed by atoms with E-state index < -0.39 is 5.97 Å². The molecule has 1 amide bonds. The Bertz CT molecular complexity index is 824. The molecule has 2 aromatic rings. The highest BCUT2D eigenvalue weighted by molar-refractivity contribution is 5.94. The van der Waals surface area contributed by atoms with Crippen molar-refractivity contribution in [3.63, 3.8) is 0 Å². The van der Waals surface area contributed by atoms with Crippen molar-refractivity contribution >= 4 is 17.6 Å². The van der Waals surface area contributed by atoms with Crippen molar-refractivity contribution in [2.45, 2.75) is 40.5 Å². The number of esters is 1. The topological polar surface area (TPSA) is 73.9 Å². The van der Waals surface area contributed by atoms with E-state index in [-0.39, 0.29) is 18.9 Å². The van der Waals surface area contributed by atoms with Crippen LogP contribution in [0, 0.1) is 20.8 Å². The van der Waals surface area contributed by atoms with Crippen LogP contribution in [0.4, 0.5) is 5.69 Å². The lowest BCUT2D eigenvalue weighted by Crippen LogP contribution is -2.22. The summed E-state index contributed by atoms with van der Waals surface area (Å²) in [4.78, 5) is 24.0. The Morgan fingerprint density at radius 1 is 0.966 bits per heavy atom. The Hall–Kier alpha value is -3.02. The van der Waals surface area contributed by atoms with Crippen LogP contribution in [-0.2, 0) is 14.3 Å². The second kappa shape index (κ2) is 11.1. The standard InChI is InChI=1S/C23H29NO5/c1-5-27-19-9-6-7-10-20(19)28-12-8-11-22(26)29-15-21(25)24-23-17(3)13-16(2)14-18(23)4/h6-7,9-10,13-14H,5,8,11-12,15H2,1-4H3,(H,24,25). The van der Waals surface area contributed by atoms with Gasteiger partial charge in [-0.05, 0) is 57.4 Å². The minimum Gasteiger partial charge on any atom is -0.490 e. The summed E-state index contributed by atoms with van der Waals surface area (Å²) < 4.78 is 16.2. The van der Waals surface area contributed by atoms with E-state index >= 15 is 0 Å². The zero-order chi connectivity index (χ0) is 21.2. The number of aryl methyl sites for hydroxylation is 3. The zero-order valence-corrected chi connectivity index (χ0v) is 17.5. The second-order valence-corrected chi connectivity index (χ2v) is 6.81. The molecule has 0 heterocycles. The molecule has 0 spiro atoms. The van der Waals surface area contributed by atoms with Crippen LogP contribution in [0.1, 0.15) is 36.5 Å². The van der Waals surface area contributed by atoms with Crippen molar-refractivity contribution in [1.29, 1.82) is 0 Å². The Morgan fingerprint density at radius 2 is 1.59 bits per heavy atom. The molecule has 6 nitrogen and oxygen atoms in total. The maximum absolute atomic E-state index is 12.1. The Labute approximate surface area is 172 Å². The molecule has 0 saturated heterocycles. The minimum atomic E-state index is -0.431. The molecule has 0 aliphatic rings. The first-order valence-corrected chi connectivity index (χ1v) is 9.78. The van der Waals surface area contributed by atoms with E-state index in [0.29, 0.717) is 31.1 Å². The van der Waals surface area contributed by atoms with Gasteiger partial charge in [-0.15, -0.1) is 0 Å². The predicted octanol–water partition coefficient (Wildman–Crippen LogP) is 4.35. The van der Waals surface area contributed by atoms with E-state index in [1.165, 1.54) is 0 Å². The van der Waals surface area contributed by atoms with Crippen LogP contribution in [0.5, 0.6) is 11.5 Å². The van der Waals surface area contributed by atoms with Crippen LogP contribution in [0.15, 0.2) is 36.4 Å². The molecule has 0 atom stereocenters. The number of para-hydroxylation sites is 2. The summed E-state index contributed by atoms with van der Waals surface area (Å²) in [5.74, 6) is 0.538. The molecule has 0 bridgehead atoms. The summed E-state index contributed by atoms with van der Waals surface area (Å²) in [7, 11) is 0. The van der Waals surface area contributed by atoms with Crippen LogP contribution >= 0.6 is 0 Å². The summed E-state index contributed by atoms with van der Waals surface area (Å²) in [5, 5.41) is 2.81. The highest BCUT2D eigenvalue weighted by atomic mass is 16.5. The third-order valence-electron chi connectivity index (χ3n) is 4.24. The molecule has 2 aromatic carbocycles. The summed E-state index contributed by atoms with van der Waals surface area (Å²) in [5.41, 5.74) is 3.85. The normalized spacial score (nSPS) is 10.3. The van der Waals surface area contributed by atoms with E-state index in [9.17, 15) is 9.59 Å². The van der Waals surface area contributed by atoms with Crippen molar-refractivity contribution in [3.05, 3.63) is 53.1 Å². The van der Waals surface area contributed by atoms with Crippen molar-refractivity contribution < 1.29 is 23.8 Å². The van der Waals surface area contributed by atoms with Gasteiger partial charge in [0, 0.05) is 12.1 Å². The fourth-order valence-corrected chi connectivity index (χ4v) is 3.01. The van der Waals surface area contributed by atoms with E-state index in [1.54, 1.807) is 0 Å². The first kappa shape index (κ1) is 22.3. The van der Waals surface area contributed by atoms with Gasteiger partial charge in [0.15, 0.2) is 18.1 Å². The summed E-state index contributed by atoms with van der Waals surface area (Å²) in [6.45, 7) is 8.39. The molecular formula is C23H29NO5. The number of amides is 1. The van der Waals surface area contributed by atoms with Crippen LogP contribution in [0.2, 0.25) is 0 Å². The average Bonchev–Trinajstić information content (AvgIpc) is 2.68. The summed E-state index contributed by atoms with van der Waals surface area (Å²) >= 11 is 0. The van der Waals surface area contributed by atoms with E-state index in [0.717, 1.165) is 22.4 Å². The number of hydrogen-bond donors (Lipinski definition) is 1. The molecule has 156 valence electrons. The van der Waals surface area contributed by atoms with Gasteiger partial charge in [0.05, 0.1) is 13.2 Å². The molecule has 0 aromatic heterocycles. The first-order valence-electron chi connectivity index (χ1n) is 9.78. The molecule has 0 saturated carbocycles. The van der Waals surface area contributed by atoms with Crippen molar-refractivity contribution in [1.82, 2.24) is 0 Å². The number of nitrogens with one attached hydrogen (secondary N) is 1. The lowest BCUT2D eigenvalue weighted by molar-refractivity contribution is -0.147. The third kappa shape index (κ3) is 7.14. The van der Waals surface area contributed by atoms with E-state index in [2.05, 4.69) is 5.32 Å². The summed E-state index contributed by atoms with van der Waals surface area (Å²) in [6, 6.07) is 11.4. The van der Waals surface area contributed by atoms with Gasteiger partial charge in [0.25, 0.3) is 5.91 Å². The number of benzene rings is 2. The largest absolute Gasteiger partial charge is 0.490 e. The summed E-state index contributed by atoms with van der Waals surface area (Å²) in [6.07, 6.45) is 0.657. The number of carbonyl (C=O) groups excluding carboxylic acids is 2. The van der Waals surface area contributed by atoms with Gasteiger partial charge in [-0.2, -0.15) is 0 Å². The lowest BCUT2D eigenvalue weighted by Gasteiger charge is -2.13. The molecule has 1 N–H and O–H groups in total. The van der Waals surface area contributed by atoms with Gasteiger partial charge < -0.3 is 19.5 Å². The fraction of sp³-hybridized carbons (Fsp3) is 0.391. The molecule has 0 unspecified atom stereocenters. The second-order valence-electron chi connectivity index (χ2n) is 6.81. The number of anilines is 1. The Kier molecular flexibility index (Phi) is 8.52. The highest BCUT2D eigenvalue weighted by Crippen LogP contribution is 2.26. The van der Waals surface area contributed by atoms with E-state index in [4.69, 9.17) is 14.2 Å². The number of ether oxygens (including phenoxy) is 3. The fourth-order valence-electron chi connectivity index (χ4n) is 3.01. The smallest absolute Gasteiger partial charge is 0.306 e. The average molecular weight is 399 g/mol. The van der Waals surface area contributed by atoms with Crippen LogP contribution < -0.4 is 14.8 Å². The van der Waals surface area contributed by atoms with Gasteiger partial charge >= 0.3 is 5.97 Å². The minimum absolute atomic E-state index is 0.173. The number of hydrogen-bond acceptors (Lipinski definition) is 5. The molecule has 0 aliphatic heterocycles. The first-order chi connectivity index (χ1) is 13.9. The molecule has 0 fully saturated rings. The van der Waals surface area contributed by atoms with Gasteiger partial charge in [-0.3, -0.25) is 9.59 Å². The maximum Gasteiger partial charge on any atom is 0.306 e. The van der Waals surface area contributed by atoms with Crippen molar-refractivity contribution in [2.75, 3.05) is 25.1 Å². The quantitative estimate of drug-likeness (QED) is 0.475. The molecule has 29 heavy (non-hydrogen) atoms. The Balaban J connectivity index is 1.70. The lowest BCUT2D eigenvalue weighted by atomic mass is 10.1. The van der Waals surface area contributed by atoms with Gasteiger partial charge in [0.2, 0.25) is 0 Å². The zero-order valence-electron chi connectivity index (χ0n) is 17.5. The van der Waals surface area contributed by atoms with Gasteiger partial charge in [-0.25, -0.2) is 0 Å². The van der Waals surface area contributed by atoms with Gasteiger partial charge in [-0.1, -0.05) is 29.8 Å². The van der Waals surface area contributed by atoms with Crippen LogP contribution in [0.3, 0.4) is 0 Å². The van der Waals surface area contributed by atoms with Crippen molar-refractivity contribution in [3.8, 4) is 11.5 Å². The maximum atomic E-state index is 12.1. The molecular weight excluding hydrogens is 370 g/mol. The number of rotatable bonds is 10. The third-order valence-corrected chi connectivity index (χ3v) is 4.24. The van der Waals surface area contributed by atoms with E-state index in [1.807, 2.05) is 64.1 Å². The molecule has 2 rings (SSSR count). The highest BCUT2D eigenvalue weighted by Gasteiger charge is 2.11. The number of carbonyl (C=O) groups is 2. The molecule has 0 radical (unpaired) electrons. The van der Waals surface area contributed by atoms with Crippen molar-refractivity contribution in [2.24, 2.45) is 0 Å². The molecule has 0 aliphatic carbocycles. The van der Waals surface area contributed by atoms with Gasteiger partial charge in [0.1, 0.15) is 0 Å². The predicted molar refractivity (Wildman–Crippen MR) is 113 cm³/mol. The van der Waals surface area contributed by atoms with Crippen LogP contribution in [0.25, 0.3) is 0 Å². The molecule has 6 heteroatoms. The monoisotopic (exact) mass is 399 g/mol. The SMILES string of the molecule is CCOc1ccccc1OCCCC(=O)OCC(=O)Nc1c(C)cc(C)cc1C. The Morgan fingerprint density at radius 3 is 2.21 bits per heavy atom. The van der Waals surface area contributed by atoms with Crippen LogP contribution in [-0.4, -0.2) is 31.7 Å².